The van der Waals surface area contributed by atoms with E-state index in [2.05, 4.69) is 10.3 Å². The van der Waals surface area contributed by atoms with Crippen molar-refractivity contribution in [1.82, 2.24) is 4.98 Å². The Hall–Kier alpha value is -2.16. The average molecular weight is 212 g/mol. The molecular weight excluding hydrogens is 200 g/mol. The normalized spacial score (nSPS) is 9.81. The summed E-state index contributed by atoms with van der Waals surface area (Å²) in [5, 5.41) is 2.60. The second kappa shape index (κ2) is 4.57. The summed E-state index contributed by atoms with van der Waals surface area (Å²) in [5.41, 5.74) is 3.76. The summed E-state index contributed by atoms with van der Waals surface area (Å²) >= 11 is 0. The number of pyridine rings is 1. The molecule has 0 aliphatic heterocycles. The molecule has 0 radical (unpaired) electrons. The van der Waals surface area contributed by atoms with Gasteiger partial charge in [-0.3, -0.25) is 9.78 Å². The van der Waals surface area contributed by atoms with Gasteiger partial charge in [-0.2, -0.15) is 0 Å². The van der Waals surface area contributed by atoms with Gasteiger partial charge < -0.3 is 5.32 Å². The molecule has 0 atom stereocenters. The number of nitrogens with zero attached hydrogens (tertiary/aromatic N) is 1. The first-order valence-electron chi connectivity index (χ1n) is 5.04. The zero-order chi connectivity index (χ0) is 11.4. The maximum Gasteiger partial charge on any atom is 0.211 e. The van der Waals surface area contributed by atoms with Crippen molar-refractivity contribution in [1.29, 1.82) is 0 Å². The van der Waals surface area contributed by atoms with E-state index in [4.69, 9.17) is 0 Å². The average Bonchev–Trinajstić information content (AvgIpc) is 2.30. The van der Waals surface area contributed by atoms with Crippen LogP contribution < -0.4 is 5.32 Å². The molecule has 1 heterocycles. The first-order valence-corrected chi connectivity index (χ1v) is 5.04. The largest absolute Gasteiger partial charge is 0.329 e. The molecule has 1 N–H and O–H groups in total. The van der Waals surface area contributed by atoms with E-state index in [1.807, 2.05) is 49.4 Å². The minimum atomic E-state index is 0.667. The molecule has 0 aliphatic rings. The Kier molecular flexibility index (Phi) is 2.96. The van der Waals surface area contributed by atoms with Crippen molar-refractivity contribution in [2.75, 3.05) is 5.32 Å². The maximum absolute atomic E-state index is 10.3. The van der Waals surface area contributed by atoms with Gasteiger partial charge in [0, 0.05) is 16.9 Å². The van der Waals surface area contributed by atoms with Crippen LogP contribution in [0.4, 0.5) is 5.69 Å². The molecule has 0 spiro atoms. The third-order valence-corrected chi connectivity index (χ3v) is 2.29. The van der Waals surface area contributed by atoms with Gasteiger partial charge in [-0.05, 0) is 31.2 Å². The molecule has 3 nitrogen and oxygen atoms in total. The summed E-state index contributed by atoms with van der Waals surface area (Å²) < 4.78 is 0. The highest BCUT2D eigenvalue weighted by atomic mass is 16.1. The Bertz CT molecular complexity index is 492. The van der Waals surface area contributed by atoms with Gasteiger partial charge in [0.1, 0.15) is 0 Å². The number of amides is 1. The lowest BCUT2D eigenvalue weighted by molar-refractivity contribution is -0.105. The Morgan fingerprint density at radius 1 is 1.12 bits per heavy atom. The van der Waals surface area contributed by atoms with Gasteiger partial charge in [-0.1, -0.05) is 18.2 Å². The number of hydrogen-bond donors (Lipinski definition) is 1. The molecule has 0 unspecified atom stereocenters. The molecule has 1 aromatic heterocycles. The second-order valence-corrected chi connectivity index (χ2v) is 3.50. The number of anilines is 1. The van der Waals surface area contributed by atoms with E-state index in [-0.39, 0.29) is 0 Å². The van der Waals surface area contributed by atoms with Gasteiger partial charge in [0.2, 0.25) is 6.41 Å². The summed E-state index contributed by atoms with van der Waals surface area (Å²) in [7, 11) is 0. The van der Waals surface area contributed by atoms with Crippen molar-refractivity contribution in [3.63, 3.8) is 0 Å². The predicted octanol–water partition coefficient (Wildman–Crippen LogP) is 2.63. The first-order chi connectivity index (χ1) is 7.79. The van der Waals surface area contributed by atoms with Crippen molar-refractivity contribution in [2.24, 2.45) is 0 Å². The van der Waals surface area contributed by atoms with Crippen LogP contribution >= 0.6 is 0 Å². The van der Waals surface area contributed by atoms with Crippen LogP contribution in [-0.2, 0) is 4.79 Å². The fourth-order valence-electron chi connectivity index (χ4n) is 1.51. The highest BCUT2D eigenvalue weighted by molar-refractivity contribution is 5.73. The van der Waals surface area contributed by atoms with Crippen LogP contribution in [0.3, 0.4) is 0 Å². The van der Waals surface area contributed by atoms with Crippen LogP contribution in [0, 0.1) is 6.92 Å². The predicted molar refractivity (Wildman–Crippen MR) is 64.1 cm³/mol. The molecule has 1 amide bonds. The highest BCUT2D eigenvalue weighted by Crippen LogP contribution is 2.19. The summed E-state index contributed by atoms with van der Waals surface area (Å²) in [6.07, 6.45) is 0.667. The quantitative estimate of drug-likeness (QED) is 0.794. The number of hydrogen-bond acceptors (Lipinski definition) is 2. The molecular formula is C13H12N2O. The molecule has 2 aromatic rings. The molecule has 0 fully saturated rings. The third kappa shape index (κ3) is 2.25. The van der Waals surface area contributed by atoms with Crippen LogP contribution in [0.5, 0.6) is 0 Å². The van der Waals surface area contributed by atoms with E-state index in [1.54, 1.807) is 0 Å². The zero-order valence-electron chi connectivity index (χ0n) is 8.97. The summed E-state index contributed by atoms with van der Waals surface area (Å²) in [4.78, 5) is 14.7. The zero-order valence-corrected chi connectivity index (χ0v) is 8.97. The Balaban J connectivity index is 2.31. The fraction of sp³-hybridized carbons (Fsp3) is 0.0769. The van der Waals surface area contributed by atoms with Crippen LogP contribution in [-0.4, -0.2) is 11.4 Å². The molecule has 2 rings (SSSR count). The first kappa shape index (κ1) is 10.4. The minimum Gasteiger partial charge on any atom is -0.329 e. The molecule has 80 valence electrons. The monoisotopic (exact) mass is 212 g/mol. The van der Waals surface area contributed by atoms with E-state index in [0.717, 1.165) is 22.6 Å². The van der Waals surface area contributed by atoms with Crippen molar-refractivity contribution >= 4 is 12.1 Å². The van der Waals surface area contributed by atoms with Crippen LogP contribution in [0.2, 0.25) is 0 Å². The van der Waals surface area contributed by atoms with Crippen LogP contribution in [0.1, 0.15) is 5.69 Å². The lowest BCUT2D eigenvalue weighted by Gasteiger charge is -2.03. The summed E-state index contributed by atoms with van der Waals surface area (Å²) in [6, 6.07) is 13.5. The highest BCUT2D eigenvalue weighted by Gasteiger charge is 1.99. The molecule has 0 aliphatic carbocycles. The number of benzene rings is 1. The third-order valence-electron chi connectivity index (χ3n) is 2.29. The van der Waals surface area contributed by atoms with Crippen LogP contribution in [0.25, 0.3) is 11.3 Å². The van der Waals surface area contributed by atoms with E-state index in [1.165, 1.54) is 0 Å². The molecule has 1 aromatic carbocycles. The maximum atomic E-state index is 10.3. The van der Waals surface area contributed by atoms with E-state index in [0.29, 0.717) is 6.41 Å². The fourth-order valence-corrected chi connectivity index (χ4v) is 1.51. The molecule has 0 bridgehead atoms. The topological polar surface area (TPSA) is 42.0 Å². The Morgan fingerprint density at radius 2 is 1.88 bits per heavy atom. The number of carbonyl (C=O) groups is 1. The Labute approximate surface area is 94.1 Å². The van der Waals surface area contributed by atoms with Gasteiger partial charge >= 0.3 is 0 Å². The molecule has 0 saturated heterocycles. The minimum absolute atomic E-state index is 0.667. The molecule has 0 saturated carbocycles. The summed E-state index contributed by atoms with van der Waals surface area (Å²) in [5.74, 6) is 0. The standard InChI is InChI=1S/C13H12N2O/c1-10-3-2-4-13(15-10)11-5-7-12(8-6-11)14-9-16/h2-9H,1H3,(H,14,16). The van der Waals surface area contributed by atoms with Gasteiger partial charge in [-0.15, -0.1) is 0 Å². The van der Waals surface area contributed by atoms with E-state index >= 15 is 0 Å². The van der Waals surface area contributed by atoms with Crippen LogP contribution in [0.15, 0.2) is 42.5 Å². The molecule has 16 heavy (non-hydrogen) atoms. The van der Waals surface area contributed by atoms with Gasteiger partial charge in [-0.25, -0.2) is 0 Å². The van der Waals surface area contributed by atoms with E-state index < -0.39 is 0 Å². The number of carbonyl (C=O) groups excluding carboxylic acids is 1. The smallest absolute Gasteiger partial charge is 0.211 e. The van der Waals surface area contributed by atoms with Crippen molar-refractivity contribution in [3.8, 4) is 11.3 Å². The van der Waals surface area contributed by atoms with Crippen molar-refractivity contribution in [2.45, 2.75) is 6.92 Å². The summed E-state index contributed by atoms with van der Waals surface area (Å²) in [6.45, 7) is 1.96. The number of rotatable bonds is 3. The van der Waals surface area contributed by atoms with Gasteiger partial charge in [0.25, 0.3) is 0 Å². The van der Waals surface area contributed by atoms with Gasteiger partial charge in [0.15, 0.2) is 0 Å². The lowest BCUT2D eigenvalue weighted by Crippen LogP contribution is -1.93. The van der Waals surface area contributed by atoms with Crippen molar-refractivity contribution in [3.05, 3.63) is 48.2 Å². The number of aromatic nitrogens is 1. The number of nitrogens with one attached hydrogen (secondary N) is 1. The Morgan fingerprint density at radius 3 is 2.50 bits per heavy atom. The second-order valence-electron chi connectivity index (χ2n) is 3.50. The molecule has 3 heteroatoms. The van der Waals surface area contributed by atoms with Crippen molar-refractivity contribution < 1.29 is 4.79 Å². The lowest BCUT2D eigenvalue weighted by atomic mass is 10.1. The number of aryl methyl sites for hydroxylation is 1. The van der Waals surface area contributed by atoms with E-state index in [9.17, 15) is 4.79 Å². The van der Waals surface area contributed by atoms with Gasteiger partial charge in [0.05, 0.1) is 5.69 Å². The SMILES string of the molecule is Cc1cccc(-c2ccc(NC=O)cc2)n1.